The van der Waals surface area contributed by atoms with Gasteiger partial charge in [-0.25, -0.2) is 0 Å². The molecule has 0 spiro atoms. The number of alkyl halides is 1. The van der Waals surface area contributed by atoms with Gasteiger partial charge in [0.2, 0.25) is 5.91 Å². The Labute approximate surface area is 99.2 Å². The molecule has 1 amide bonds. The Balaban J connectivity index is 2.43. The molecule has 0 aromatic heterocycles. The Morgan fingerprint density at radius 1 is 1.35 bits per heavy atom. The number of piperidine rings is 1. The molecular formula is C11H18FNO4. The van der Waals surface area contributed by atoms with Gasteiger partial charge in [0.15, 0.2) is 0 Å². The number of aliphatic hydroxyl groups is 1. The molecule has 0 aromatic carbocycles. The molecule has 17 heavy (non-hydrogen) atoms. The van der Waals surface area contributed by atoms with Crippen LogP contribution in [0.2, 0.25) is 0 Å². The number of carbonyl (C=O) groups excluding carboxylic acids is 1. The molecule has 0 bridgehead atoms. The standard InChI is InChI=1S/C11H18FNO4/c12-5-3-8-7-13(6-4-9(8)14)10(15)1-2-11(16)17/h8-9,14H,1-7H2,(H,16,17). The minimum absolute atomic E-state index is 0.0340. The smallest absolute Gasteiger partial charge is 0.303 e. The highest BCUT2D eigenvalue weighted by Gasteiger charge is 2.29. The molecule has 6 heteroatoms. The molecule has 1 heterocycles. The second kappa shape index (κ2) is 6.54. The molecule has 0 saturated carbocycles. The Kier molecular flexibility index (Phi) is 5.34. The van der Waals surface area contributed by atoms with Crippen molar-refractivity contribution in [1.82, 2.24) is 4.90 Å². The van der Waals surface area contributed by atoms with E-state index in [-0.39, 0.29) is 31.1 Å². The molecule has 98 valence electrons. The highest BCUT2D eigenvalue weighted by molar-refractivity contribution is 5.80. The number of carboxylic acids is 1. The number of halogens is 1. The predicted molar refractivity (Wildman–Crippen MR) is 58.2 cm³/mol. The molecule has 1 fully saturated rings. The highest BCUT2D eigenvalue weighted by atomic mass is 19.1. The number of aliphatic carboxylic acids is 1. The predicted octanol–water partition coefficient (Wildman–Crippen LogP) is 0.420. The van der Waals surface area contributed by atoms with Crippen LogP contribution in [-0.4, -0.2) is 52.9 Å². The van der Waals surface area contributed by atoms with Crippen molar-refractivity contribution in [2.75, 3.05) is 19.8 Å². The lowest BCUT2D eigenvalue weighted by Gasteiger charge is -2.35. The zero-order valence-corrected chi connectivity index (χ0v) is 9.64. The largest absolute Gasteiger partial charge is 0.481 e. The fourth-order valence-corrected chi connectivity index (χ4v) is 2.04. The van der Waals surface area contributed by atoms with Crippen molar-refractivity contribution in [2.24, 2.45) is 5.92 Å². The lowest BCUT2D eigenvalue weighted by molar-refractivity contribution is -0.142. The van der Waals surface area contributed by atoms with Crippen LogP contribution in [0.25, 0.3) is 0 Å². The average molecular weight is 247 g/mol. The molecule has 1 rings (SSSR count). The SMILES string of the molecule is O=C(O)CCC(=O)N1CCC(O)C(CCF)C1. The molecular weight excluding hydrogens is 229 g/mol. The maximum atomic E-state index is 12.2. The summed E-state index contributed by atoms with van der Waals surface area (Å²) < 4.78 is 12.2. The van der Waals surface area contributed by atoms with E-state index in [9.17, 15) is 19.1 Å². The molecule has 0 aromatic rings. The second-order valence-corrected chi connectivity index (χ2v) is 4.33. The number of amides is 1. The van der Waals surface area contributed by atoms with Crippen LogP contribution < -0.4 is 0 Å². The van der Waals surface area contributed by atoms with E-state index in [0.29, 0.717) is 19.5 Å². The Bertz CT molecular complexity index is 285. The summed E-state index contributed by atoms with van der Waals surface area (Å²) >= 11 is 0. The number of hydrogen-bond acceptors (Lipinski definition) is 3. The van der Waals surface area contributed by atoms with E-state index in [1.54, 1.807) is 0 Å². The van der Waals surface area contributed by atoms with E-state index in [1.807, 2.05) is 0 Å². The number of nitrogens with zero attached hydrogens (tertiary/aromatic N) is 1. The van der Waals surface area contributed by atoms with Crippen LogP contribution >= 0.6 is 0 Å². The number of rotatable bonds is 5. The normalized spacial score (nSPS) is 24.7. The first-order chi connectivity index (χ1) is 8.04. The van der Waals surface area contributed by atoms with Crippen LogP contribution in [0.1, 0.15) is 25.7 Å². The summed E-state index contributed by atoms with van der Waals surface area (Å²) in [5, 5.41) is 18.1. The number of carbonyl (C=O) groups is 2. The molecule has 0 radical (unpaired) electrons. The van der Waals surface area contributed by atoms with Crippen LogP contribution in [0.3, 0.4) is 0 Å². The Morgan fingerprint density at radius 3 is 2.65 bits per heavy atom. The van der Waals surface area contributed by atoms with Gasteiger partial charge in [0.25, 0.3) is 0 Å². The molecule has 5 nitrogen and oxygen atoms in total. The Hall–Kier alpha value is -1.17. The van der Waals surface area contributed by atoms with Gasteiger partial charge in [-0.1, -0.05) is 0 Å². The third-order valence-corrected chi connectivity index (χ3v) is 3.08. The number of aliphatic hydroxyl groups excluding tert-OH is 1. The first-order valence-corrected chi connectivity index (χ1v) is 5.78. The van der Waals surface area contributed by atoms with Crippen LogP contribution in [0.4, 0.5) is 4.39 Å². The molecule has 2 N–H and O–H groups in total. The van der Waals surface area contributed by atoms with Gasteiger partial charge in [-0.3, -0.25) is 14.0 Å². The second-order valence-electron chi connectivity index (χ2n) is 4.33. The van der Waals surface area contributed by atoms with Crippen LogP contribution in [0.15, 0.2) is 0 Å². The van der Waals surface area contributed by atoms with E-state index in [0.717, 1.165) is 0 Å². The molecule has 1 saturated heterocycles. The minimum atomic E-state index is -1.00. The number of hydrogen-bond donors (Lipinski definition) is 2. The van der Waals surface area contributed by atoms with E-state index >= 15 is 0 Å². The summed E-state index contributed by atoms with van der Waals surface area (Å²) in [7, 11) is 0. The van der Waals surface area contributed by atoms with Gasteiger partial charge in [-0.05, 0) is 12.8 Å². The van der Waals surface area contributed by atoms with Gasteiger partial charge in [0.05, 0.1) is 19.2 Å². The quantitative estimate of drug-likeness (QED) is 0.738. The van der Waals surface area contributed by atoms with Gasteiger partial charge < -0.3 is 15.1 Å². The van der Waals surface area contributed by atoms with Crippen molar-refractivity contribution in [2.45, 2.75) is 31.8 Å². The maximum Gasteiger partial charge on any atom is 0.303 e. The van der Waals surface area contributed by atoms with Crippen molar-refractivity contribution < 1.29 is 24.2 Å². The fraction of sp³-hybridized carbons (Fsp3) is 0.818. The fourth-order valence-electron chi connectivity index (χ4n) is 2.04. The molecule has 2 atom stereocenters. The van der Waals surface area contributed by atoms with Crippen molar-refractivity contribution >= 4 is 11.9 Å². The third-order valence-electron chi connectivity index (χ3n) is 3.08. The summed E-state index contributed by atoms with van der Waals surface area (Å²) in [4.78, 5) is 23.5. The Morgan fingerprint density at radius 2 is 2.06 bits per heavy atom. The number of carboxylic acid groups (broad SMARTS) is 1. The van der Waals surface area contributed by atoms with Crippen molar-refractivity contribution in [1.29, 1.82) is 0 Å². The zero-order valence-electron chi connectivity index (χ0n) is 9.64. The summed E-state index contributed by atoms with van der Waals surface area (Å²) in [6, 6.07) is 0. The van der Waals surface area contributed by atoms with Gasteiger partial charge in [0, 0.05) is 25.4 Å². The first kappa shape index (κ1) is 13.9. The van der Waals surface area contributed by atoms with E-state index in [2.05, 4.69) is 0 Å². The third kappa shape index (κ3) is 4.30. The van der Waals surface area contributed by atoms with E-state index in [1.165, 1.54) is 4.90 Å². The summed E-state index contributed by atoms with van der Waals surface area (Å²) in [6.45, 7) is 0.227. The lowest BCUT2D eigenvalue weighted by atomic mass is 9.92. The van der Waals surface area contributed by atoms with E-state index in [4.69, 9.17) is 5.11 Å². The minimum Gasteiger partial charge on any atom is -0.481 e. The van der Waals surface area contributed by atoms with Crippen LogP contribution in [-0.2, 0) is 9.59 Å². The van der Waals surface area contributed by atoms with Crippen molar-refractivity contribution in [3.63, 3.8) is 0 Å². The van der Waals surface area contributed by atoms with Gasteiger partial charge in [0.1, 0.15) is 0 Å². The lowest BCUT2D eigenvalue weighted by Crippen LogP contribution is -2.46. The molecule has 2 unspecified atom stereocenters. The summed E-state index contributed by atoms with van der Waals surface area (Å²) in [5.41, 5.74) is 0. The molecule has 1 aliphatic heterocycles. The zero-order chi connectivity index (χ0) is 12.8. The highest BCUT2D eigenvalue weighted by Crippen LogP contribution is 2.21. The van der Waals surface area contributed by atoms with Crippen LogP contribution in [0, 0.1) is 5.92 Å². The first-order valence-electron chi connectivity index (χ1n) is 5.78. The molecule has 1 aliphatic rings. The van der Waals surface area contributed by atoms with Crippen molar-refractivity contribution in [3.8, 4) is 0 Å². The van der Waals surface area contributed by atoms with Gasteiger partial charge in [-0.2, -0.15) is 0 Å². The monoisotopic (exact) mass is 247 g/mol. The number of likely N-dealkylation sites (tertiary alicyclic amines) is 1. The summed E-state index contributed by atoms with van der Waals surface area (Å²) in [6.07, 6.45) is -0.110. The van der Waals surface area contributed by atoms with Gasteiger partial charge in [-0.15, -0.1) is 0 Å². The van der Waals surface area contributed by atoms with Gasteiger partial charge >= 0.3 is 5.97 Å². The van der Waals surface area contributed by atoms with Crippen molar-refractivity contribution in [3.05, 3.63) is 0 Å². The van der Waals surface area contributed by atoms with Crippen LogP contribution in [0.5, 0.6) is 0 Å². The topological polar surface area (TPSA) is 77.8 Å². The summed E-state index contributed by atoms with van der Waals surface area (Å²) in [5.74, 6) is -1.47. The molecule has 0 aliphatic carbocycles. The average Bonchev–Trinajstić information content (AvgIpc) is 2.29. The van der Waals surface area contributed by atoms with E-state index < -0.39 is 18.7 Å². The maximum absolute atomic E-state index is 12.2.